The Bertz CT molecular complexity index is 528. The van der Waals surface area contributed by atoms with Crippen LogP contribution in [0.3, 0.4) is 0 Å². The molecule has 18 heavy (non-hydrogen) atoms. The van der Waals surface area contributed by atoms with E-state index < -0.39 is 9.84 Å². The lowest BCUT2D eigenvalue weighted by Crippen LogP contribution is -2.47. The van der Waals surface area contributed by atoms with Crippen LogP contribution in [0.25, 0.3) is 0 Å². The number of sulfone groups is 1. The van der Waals surface area contributed by atoms with E-state index in [9.17, 15) is 8.42 Å². The molecular formula is C12H19N3O2S. The maximum absolute atomic E-state index is 11.5. The Morgan fingerprint density at radius 2 is 2.28 bits per heavy atom. The molecule has 2 rings (SSSR count). The number of anilines is 1. The number of hydrogen-bond acceptors (Lipinski definition) is 5. The number of pyridine rings is 1. The van der Waals surface area contributed by atoms with Gasteiger partial charge in [0.05, 0.1) is 11.5 Å². The van der Waals surface area contributed by atoms with E-state index in [1.807, 2.05) is 30.9 Å². The van der Waals surface area contributed by atoms with Crippen LogP contribution in [0.4, 0.5) is 5.82 Å². The van der Waals surface area contributed by atoms with Crippen molar-refractivity contribution in [2.24, 2.45) is 5.73 Å². The third kappa shape index (κ3) is 2.81. The SMILES string of the molecule is CC1CS(=O)(=O)CCN1c1cc([C@H](C)N)ccn1. The van der Waals surface area contributed by atoms with E-state index in [0.717, 1.165) is 11.4 Å². The highest BCUT2D eigenvalue weighted by atomic mass is 32.2. The third-order valence-electron chi connectivity index (χ3n) is 3.26. The van der Waals surface area contributed by atoms with Crippen molar-refractivity contribution in [1.82, 2.24) is 4.98 Å². The van der Waals surface area contributed by atoms with Gasteiger partial charge in [0.1, 0.15) is 5.82 Å². The lowest BCUT2D eigenvalue weighted by atomic mass is 10.1. The molecule has 1 unspecified atom stereocenters. The molecule has 1 saturated heterocycles. The van der Waals surface area contributed by atoms with Crippen molar-refractivity contribution in [3.63, 3.8) is 0 Å². The number of hydrogen-bond donors (Lipinski definition) is 1. The largest absolute Gasteiger partial charge is 0.352 e. The van der Waals surface area contributed by atoms with Gasteiger partial charge in [0.25, 0.3) is 0 Å². The van der Waals surface area contributed by atoms with Crippen molar-refractivity contribution in [1.29, 1.82) is 0 Å². The van der Waals surface area contributed by atoms with Gasteiger partial charge in [-0.3, -0.25) is 0 Å². The summed E-state index contributed by atoms with van der Waals surface area (Å²) in [5.41, 5.74) is 6.86. The first kappa shape index (κ1) is 13.3. The van der Waals surface area contributed by atoms with Crippen LogP contribution in [0.1, 0.15) is 25.5 Å². The predicted molar refractivity (Wildman–Crippen MR) is 72.3 cm³/mol. The topological polar surface area (TPSA) is 76.3 Å². The summed E-state index contributed by atoms with van der Waals surface area (Å²) in [6.45, 7) is 4.33. The zero-order valence-electron chi connectivity index (χ0n) is 10.7. The molecule has 1 aromatic heterocycles. The first-order valence-electron chi connectivity index (χ1n) is 6.07. The van der Waals surface area contributed by atoms with E-state index in [2.05, 4.69) is 4.98 Å². The summed E-state index contributed by atoms with van der Waals surface area (Å²) >= 11 is 0. The molecule has 0 aromatic carbocycles. The maximum Gasteiger partial charge on any atom is 0.154 e. The fourth-order valence-corrected chi connectivity index (χ4v) is 3.77. The molecule has 1 fully saturated rings. The number of nitrogens with zero attached hydrogens (tertiary/aromatic N) is 2. The second kappa shape index (κ2) is 4.85. The monoisotopic (exact) mass is 269 g/mol. The first-order chi connectivity index (χ1) is 8.39. The fraction of sp³-hybridized carbons (Fsp3) is 0.583. The van der Waals surface area contributed by atoms with Gasteiger partial charge in [-0.15, -0.1) is 0 Å². The van der Waals surface area contributed by atoms with Crippen molar-refractivity contribution in [3.8, 4) is 0 Å². The van der Waals surface area contributed by atoms with Gasteiger partial charge in [-0.25, -0.2) is 13.4 Å². The van der Waals surface area contributed by atoms with Gasteiger partial charge < -0.3 is 10.6 Å². The summed E-state index contributed by atoms with van der Waals surface area (Å²) in [7, 11) is -2.89. The van der Waals surface area contributed by atoms with E-state index in [1.54, 1.807) is 6.20 Å². The molecule has 0 saturated carbocycles. The molecule has 2 N–H and O–H groups in total. The molecule has 100 valence electrons. The Balaban J connectivity index is 2.24. The van der Waals surface area contributed by atoms with Crippen molar-refractivity contribution in [3.05, 3.63) is 23.9 Å². The molecule has 6 heteroatoms. The molecule has 1 aliphatic rings. The quantitative estimate of drug-likeness (QED) is 0.856. The summed E-state index contributed by atoms with van der Waals surface area (Å²) in [4.78, 5) is 6.35. The highest BCUT2D eigenvalue weighted by Crippen LogP contribution is 2.22. The van der Waals surface area contributed by atoms with Crippen LogP contribution in [0.15, 0.2) is 18.3 Å². The van der Waals surface area contributed by atoms with E-state index in [1.165, 1.54) is 0 Å². The Hall–Kier alpha value is -1.14. The highest BCUT2D eigenvalue weighted by Gasteiger charge is 2.28. The molecule has 0 amide bonds. The molecule has 2 heterocycles. The number of rotatable bonds is 2. The molecule has 1 aliphatic heterocycles. The summed E-state index contributed by atoms with van der Waals surface area (Å²) in [6.07, 6.45) is 1.73. The van der Waals surface area contributed by atoms with Crippen LogP contribution in [0.5, 0.6) is 0 Å². The lowest BCUT2D eigenvalue weighted by molar-refractivity contribution is 0.566. The molecule has 1 aromatic rings. The van der Waals surface area contributed by atoms with Gasteiger partial charge >= 0.3 is 0 Å². The molecule has 0 spiro atoms. The molecule has 5 nitrogen and oxygen atoms in total. The lowest BCUT2D eigenvalue weighted by Gasteiger charge is -2.34. The normalized spacial score (nSPS) is 24.8. The number of nitrogens with two attached hydrogens (primary N) is 1. The Labute approximate surface area is 108 Å². The molecular weight excluding hydrogens is 250 g/mol. The van der Waals surface area contributed by atoms with Gasteiger partial charge in [-0.2, -0.15) is 0 Å². The van der Waals surface area contributed by atoms with E-state index in [4.69, 9.17) is 5.73 Å². The van der Waals surface area contributed by atoms with Gasteiger partial charge in [-0.05, 0) is 31.5 Å². The van der Waals surface area contributed by atoms with Crippen LogP contribution in [-0.4, -0.2) is 37.5 Å². The molecule has 2 atom stereocenters. The van der Waals surface area contributed by atoms with Crippen LogP contribution >= 0.6 is 0 Å². The average molecular weight is 269 g/mol. The third-order valence-corrected chi connectivity index (χ3v) is 5.05. The second-order valence-electron chi connectivity index (χ2n) is 4.89. The number of aromatic nitrogens is 1. The average Bonchev–Trinajstić information content (AvgIpc) is 2.28. The van der Waals surface area contributed by atoms with Gasteiger partial charge in [0, 0.05) is 24.8 Å². The van der Waals surface area contributed by atoms with Crippen molar-refractivity contribution >= 4 is 15.7 Å². The molecule has 0 radical (unpaired) electrons. The van der Waals surface area contributed by atoms with Gasteiger partial charge in [-0.1, -0.05) is 0 Å². The van der Waals surface area contributed by atoms with Crippen LogP contribution in [-0.2, 0) is 9.84 Å². The minimum atomic E-state index is -2.89. The van der Waals surface area contributed by atoms with E-state index in [-0.39, 0.29) is 23.6 Å². The predicted octanol–water partition coefficient (Wildman–Crippen LogP) is 0.725. The Morgan fingerprint density at radius 1 is 1.56 bits per heavy atom. The van der Waals surface area contributed by atoms with Crippen LogP contribution < -0.4 is 10.6 Å². The minimum absolute atomic E-state index is 0.0421. The first-order valence-corrected chi connectivity index (χ1v) is 7.90. The Morgan fingerprint density at radius 3 is 2.89 bits per heavy atom. The zero-order chi connectivity index (χ0) is 13.3. The standard InChI is InChI=1S/C12H19N3O2S/c1-9-8-18(16,17)6-5-15(9)12-7-11(10(2)13)3-4-14-12/h3-4,7,9-10H,5-6,8,13H2,1-2H3/t9?,10-/m0/s1. The van der Waals surface area contributed by atoms with Gasteiger partial charge in [0.15, 0.2) is 9.84 Å². The van der Waals surface area contributed by atoms with Crippen LogP contribution in [0.2, 0.25) is 0 Å². The zero-order valence-corrected chi connectivity index (χ0v) is 11.5. The van der Waals surface area contributed by atoms with Crippen molar-refractivity contribution in [2.45, 2.75) is 25.9 Å². The molecule has 0 aliphatic carbocycles. The smallest absolute Gasteiger partial charge is 0.154 e. The fourth-order valence-electron chi connectivity index (χ4n) is 2.21. The summed E-state index contributed by atoms with van der Waals surface area (Å²) in [5.74, 6) is 1.20. The van der Waals surface area contributed by atoms with Gasteiger partial charge in [0.2, 0.25) is 0 Å². The summed E-state index contributed by atoms with van der Waals surface area (Å²) in [6, 6.07) is 3.74. The van der Waals surface area contributed by atoms with E-state index >= 15 is 0 Å². The maximum atomic E-state index is 11.5. The Kier molecular flexibility index (Phi) is 3.59. The minimum Gasteiger partial charge on any atom is -0.352 e. The highest BCUT2D eigenvalue weighted by molar-refractivity contribution is 7.91. The summed E-state index contributed by atoms with van der Waals surface area (Å²) in [5, 5.41) is 0. The van der Waals surface area contributed by atoms with Crippen molar-refractivity contribution in [2.75, 3.05) is 23.0 Å². The second-order valence-corrected chi connectivity index (χ2v) is 7.12. The van der Waals surface area contributed by atoms with E-state index in [0.29, 0.717) is 6.54 Å². The van der Waals surface area contributed by atoms with Crippen LogP contribution in [0, 0.1) is 0 Å². The summed E-state index contributed by atoms with van der Waals surface area (Å²) < 4.78 is 23.1. The van der Waals surface area contributed by atoms with Crippen molar-refractivity contribution < 1.29 is 8.42 Å². The molecule has 0 bridgehead atoms.